The molecule has 42 heavy (non-hydrogen) atoms. The van der Waals surface area contributed by atoms with Crippen molar-refractivity contribution < 1.29 is 29.3 Å². The van der Waals surface area contributed by atoms with Gasteiger partial charge in [-0.15, -0.1) is 0 Å². The summed E-state index contributed by atoms with van der Waals surface area (Å²) in [7, 11) is 0. The number of hydrogen-bond donors (Lipinski definition) is 2. The summed E-state index contributed by atoms with van der Waals surface area (Å²) in [6, 6.07) is 23.5. The van der Waals surface area contributed by atoms with E-state index in [0.717, 1.165) is 17.7 Å². The number of aromatic hydroxyl groups is 1. The van der Waals surface area contributed by atoms with Crippen LogP contribution in [0.15, 0.2) is 97.1 Å². The zero-order valence-electron chi connectivity index (χ0n) is 21.6. The summed E-state index contributed by atoms with van der Waals surface area (Å²) in [4.78, 5) is 48.8. The van der Waals surface area contributed by atoms with E-state index in [2.05, 4.69) is 10.2 Å². The molecule has 0 aliphatic rings. The lowest BCUT2D eigenvalue weighted by molar-refractivity contribution is -0.385. The number of rotatable bonds is 10. The van der Waals surface area contributed by atoms with Crippen molar-refractivity contribution in [1.29, 1.82) is 0 Å². The molecule has 5 rings (SSSR count). The second-order valence-electron chi connectivity index (χ2n) is 9.01. The molecule has 0 saturated carbocycles. The topological polar surface area (TPSA) is 179 Å². The first-order chi connectivity index (χ1) is 20.2. The molecule has 1 aromatic heterocycles. The molecule has 0 radical (unpaired) electrons. The van der Waals surface area contributed by atoms with Gasteiger partial charge < -0.3 is 9.84 Å². The molecular weight excluding hydrogens is 544 g/mol. The Bertz CT molecular complexity index is 1820. The maximum atomic E-state index is 13.9. The number of ether oxygens (including phenoxy) is 1. The number of nitrogens with zero attached hydrogens (tertiary/aromatic N) is 3. The number of nitro benzene ring substituents is 2. The first-order valence-corrected chi connectivity index (χ1v) is 12.4. The van der Waals surface area contributed by atoms with Gasteiger partial charge in [0.25, 0.3) is 11.4 Å². The predicted octanol–water partition coefficient (Wildman–Crippen LogP) is 5.64. The van der Waals surface area contributed by atoms with E-state index in [1.54, 1.807) is 0 Å². The molecule has 5 aromatic rings. The fourth-order valence-electron chi connectivity index (χ4n) is 4.28. The fraction of sp³-hybridized carbons (Fsp3) is 0.0333. The van der Waals surface area contributed by atoms with Crippen molar-refractivity contribution in [2.24, 2.45) is 0 Å². The standard InChI is InChI=1S/C30H20N4O8/c35-23-7-4-8-24(42-17-18-5-2-1-3-6-18)25(23)30(37)28-26(29(36)20-11-15-22(16-12-20)34(40)41)27(31-32-28)19-9-13-21(14-10-19)33(38)39/h1-16,35H,17H2,(H,31,32). The molecule has 4 aromatic carbocycles. The lowest BCUT2D eigenvalue weighted by atomic mass is 9.94. The van der Waals surface area contributed by atoms with Gasteiger partial charge in [0.15, 0.2) is 5.78 Å². The van der Waals surface area contributed by atoms with Gasteiger partial charge in [0.1, 0.15) is 35.1 Å². The summed E-state index contributed by atoms with van der Waals surface area (Å²) in [5.74, 6) is -1.84. The summed E-state index contributed by atoms with van der Waals surface area (Å²) in [6.07, 6.45) is 0. The van der Waals surface area contributed by atoms with Gasteiger partial charge in [0, 0.05) is 35.4 Å². The Hall–Kier alpha value is -6.17. The van der Waals surface area contributed by atoms with Gasteiger partial charge in [-0.1, -0.05) is 36.4 Å². The number of hydrogen-bond acceptors (Lipinski definition) is 9. The van der Waals surface area contributed by atoms with Crippen molar-refractivity contribution in [3.63, 3.8) is 0 Å². The Labute approximate surface area is 237 Å². The highest BCUT2D eigenvalue weighted by Crippen LogP contribution is 2.34. The van der Waals surface area contributed by atoms with Crippen LogP contribution in [0.3, 0.4) is 0 Å². The molecule has 0 bridgehead atoms. The van der Waals surface area contributed by atoms with Crippen molar-refractivity contribution >= 4 is 22.9 Å². The fourth-order valence-corrected chi connectivity index (χ4v) is 4.28. The number of nitro groups is 2. The maximum absolute atomic E-state index is 13.9. The van der Waals surface area contributed by atoms with Crippen LogP contribution in [0, 0.1) is 20.2 Å². The van der Waals surface area contributed by atoms with Crippen LogP contribution in [0.5, 0.6) is 11.5 Å². The van der Waals surface area contributed by atoms with Crippen LogP contribution < -0.4 is 4.74 Å². The lowest BCUT2D eigenvalue weighted by Crippen LogP contribution is -2.13. The molecule has 0 fully saturated rings. The molecule has 0 aliphatic carbocycles. The third kappa shape index (κ3) is 5.45. The number of non-ortho nitro benzene ring substituents is 2. The van der Waals surface area contributed by atoms with E-state index in [4.69, 9.17) is 4.74 Å². The molecule has 0 unspecified atom stereocenters. The van der Waals surface area contributed by atoms with Gasteiger partial charge in [-0.2, -0.15) is 5.10 Å². The minimum absolute atomic E-state index is 0.0128. The Morgan fingerprint density at radius 1 is 0.762 bits per heavy atom. The van der Waals surface area contributed by atoms with Gasteiger partial charge in [0.2, 0.25) is 5.78 Å². The van der Waals surface area contributed by atoms with Crippen LogP contribution in [-0.4, -0.2) is 36.7 Å². The summed E-state index contributed by atoms with van der Waals surface area (Å²) in [5, 5.41) is 39.7. The molecule has 0 aliphatic heterocycles. The van der Waals surface area contributed by atoms with E-state index in [0.29, 0.717) is 5.56 Å². The van der Waals surface area contributed by atoms with Crippen molar-refractivity contribution in [2.45, 2.75) is 6.61 Å². The first kappa shape index (κ1) is 27.4. The average molecular weight is 565 g/mol. The Balaban J connectivity index is 1.60. The van der Waals surface area contributed by atoms with E-state index in [-0.39, 0.29) is 51.8 Å². The number of benzene rings is 4. The molecule has 1 heterocycles. The predicted molar refractivity (Wildman–Crippen MR) is 150 cm³/mol. The second kappa shape index (κ2) is 11.5. The van der Waals surface area contributed by atoms with Gasteiger partial charge in [-0.05, 0) is 42.0 Å². The minimum atomic E-state index is -0.804. The van der Waals surface area contributed by atoms with Crippen LogP contribution in [0.2, 0.25) is 0 Å². The monoisotopic (exact) mass is 564 g/mol. The summed E-state index contributed by atoms with van der Waals surface area (Å²) >= 11 is 0. The number of H-pyrrole nitrogens is 1. The number of aromatic nitrogens is 2. The highest BCUT2D eigenvalue weighted by Gasteiger charge is 2.30. The zero-order valence-corrected chi connectivity index (χ0v) is 21.6. The van der Waals surface area contributed by atoms with Gasteiger partial charge in [-0.3, -0.25) is 34.9 Å². The van der Waals surface area contributed by atoms with Crippen molar-refractivity contribution in [3.8, 4) is 22.8 Å². The molecule has 0 spiro atoms. The molecule has 2 N–H and O–H groups in total. The largest absolute Gasteiger partial charge is 0.507 e. The molecule has 0 amide bonds. The molecule has 0 saturated heterocycles. The number of aromatic amines is 1. The third-order valence-electron chi connectivity index (χ3n) is 6.38. The van der Waals surface area contributed by atoms with E-state index < -0.39 is 27.2 Å². The van der Waals surface area contributed by atoms with Crippen molar-refractivity contribution in [3.05, 3.63) is 145 Å². The Kier molecular flexibility index (Phi) is 7.51. The van der Waals surface area contributed by atoms with E-state index in [9.17, 15) is 34.9 Å². The van der Waals surface area contributed by atoms with E-state index in [1.807, 2.05) is 30.3 Å². The Morgan fingerprint density at radius 2 is 1.38 bits per heavy atom. The molecule has 208 valence electrons. The Morgan fingerprint density at radius 3 is 2.00 bits per heavy atom. The summed E-state index contributed by atoms with van der Waals surface area (Å²) < 4.78 is 5.87. The highest BCUT2D eigenvalue weighted by molar-refractivity contribution is 6.22. The molecular formula is C30H20N4O8. The van der Waals surface area contributed by atoms with E-state index >= 15 is 0 Å². The number of carbonyl (C=O) groups excluding carboxylic acids is 2. The number of ketones is 2. The summed E-state index contributed by atoms with van der Waals surface area (Å²) in [5.41, 5.74) is 0.0243. The molecule has 0 atom stereocenters. The number of carbonyl (C=O) groups is 2. The van der Waals surface area contributed by atoms with Crippen LogP contribution in [-0.2, 0) is 6.61 Å². The second-order valence-corrected chi connectivity index (χ2v) is 9.01. The summed E-state index contributed by atoms with van der Waals surface area (Å²) in [6.45, 7) is 0.0934. The van der Waals surface area contributed by atoms with Gasteiger partial charge in [-0.25, -0.2) is 0 Å². The maximum Gasteiger partial charge on any atom is 0.269 e. The lowest BCUT2D eigenvalue weighted by Gasteiger charge is -2.13. The zero-order chi connectivity index (χ0) is 29.8. The number of phenolic OH excluding ortho intramolecular Hbond substituents is 1. The molecule has 12 heteroatoms. The first-order valence-electron chi connectivity index (χ1n) is 12.4. The van der Waals surface area contributed by atoms with Crippen molar-refractivity contribution in [1.82, 2.24) is 10.2 Å². The highest BCUT2D eigenvalue weighted by atomic mass is 16.6. The smallest absolute Gasteiger partial charge is 0.269 e. The van der Waals surface area contributed by atoms with E-state index in [1.165, 1.54) is 54.6 Å². The van der Waals surface area contributed by atoms with Crippen LogP contribution in [0.4, 0.5) is 11.4 Å². The number of nitrogens with one attached hydrogen (secondary N) is 1. The number of phenols is 1. The van der Waals surface area contributed by atoms with Gasteiger partial charge >= 0.3 is 0 Å². The van der Waals surface area contributed by atoms with Crippen LogP contribution >= 0.6 is 0 Å². The van der Waals surface area contributed by atoms with Crippen LogP contribution in [0.25, 0.3) is 11.3 Å². The average Bonchev–Trinajstić information content (AvgIpc) is 3.45. The third-order valence-corrected chi connectivity index (χ3v) is 6.38. The van der Waals surface area contributed by atoms with Gasteiger partial charge in [0.05, 0.1) is 15.4 Å². The van der Waals surface area contributed by atoms with Crippen molar-refractivity contribution in [2.75, 3.05) is 0 Å². The quantitative estimate of drug-likeness (QED) is 0.123. The SMILES string of the molecule is O=C(c1[nH]nc(-c2ccc([N+](=O)[O-])cc2)c1C(=O)c1ccc([N+](=O)[O-])cc1)c1c(O)cccc1OCc1ccccc1. The molecule has 12 nitrogen and oxygen atoms in total. The van der Waals surface area contributed by atoms with Crippen LogP contribution in [0.1, 0.15) is 37.5 Å². The normalized spacial score (nSPS) is 10.7. The minimum Gasteiger partial charge on any atom is -0.507 e.